The molecule has 7 rings (SSSR count). The molecule has 3 aliphatic rings. The smallest absolute Gasteiger partial charge is 0.407 e. The van der Waals surface area contributed by atoms with Crippen LogP contribution in [-0.2, 0) is 20.7 Å². The third-order valence-corrected chi connectivity index (χ3v) is 8.74. The van der Waals surface area contributed by atoms with Gasteiger partial charge in [0.2, 0.25) is 12.5 Å². The van der Waals surface area contributed by atoms with Crippen LogP contribution in [0.4, 0.5) is 4.79 Å². The molecule has 1 aliphatic carbocycles. The molecule has 1 amide bonds. The van der Waals surface area contributed by atoms with Crippen molar-refractivity contribution < 1.29 is 42.7 Å². The number of para-hydroxylation sites is 1. The second-order valence-corrected chi connectivity index (χ2v) is 11.0. The lowest BCUT2D eigenvalue weighted by Gasteiger charge is -2.38. The Morgan fingerprint density at radius 3 is 2.41 bits per heavy atom. The van der Waals surface area contributed by atoms with Crippen LogP contribution in [0, 0.1) is 11.8 Å². The van der Waals surface area contributed by atoms with E-state index in [0.717, 1.165) is 33.2 Å². The molecule has 4 aromatic rings. The van der Waals surface area contributed by atoms with Gasteiger partial charge < -0.3 is 43.5 Å². The van der Waals surface area contributed by atoms with Crippen molar-refractivity contribution in [3.05, 3.63) is 77.0 Å². The number of carbonyl (C=O) groups excluding carboxylic acids is 2. The minimum absolute atomic E-state index is 0.0713. The largest absolute Gasteiger partial charge is 0.493 e. The van der Waals surface area contributed by atoms with Crippen LogP contribution in [0.15, 0.2) is 54.7 Å². The molecule has 0 saturated carbocycles. The van der Waals surface area contributed by atoms with Crippen LogP contribution in [0.2, 0.25) is 0 Å². The third kappa shape index (κ3) is 4.59. The van der Waals surface area contributed by atoms with E-state index < -0.39 is 30.0 Å². The van der Waals surface area contributed by atoms with Crippen molar-refractivity contribution in [1.29, 1.82) is 0 Å². The SMILES string of the molecule is COc1cc([C@@H]2c3cc4c(cc3[C@@H](OC(=O)NCCc3c[nH]c5ccccc35)[C@H]3COC(=O)[C@H]23)OCO4)cc(OC)c1OC. The van der Waals surface area contributed by atoms with Gasteiger partial charge in [0.15, 0.2) is 23.0 Å². The number of esters is 1. The standard InChI is InChI=1S/C33H32N2O9/c1-38-26-10-18(11-27(39-2)31(26)40-3)28-20-12-24-25(43-16-42-24)13-21(20)30(22-15-41-32(36)29(22)28)44-33(37)34-9-8-17-14-35-23-7-5-4-6-19(17)23/h4-7,10-14,22,28-30,35H,8-9,15-16H2,1-3H3,(H,34,37)/t22-,28+,29-,30+/m0/s1. The van der Waals surface area contributed by atoms with Gasteiger partial charge in [-0.1, -0.05) is 18.2 Å². The first-order valence-electron chi connectivity index (χ1n) is 14.4. The van der Waals surface area contributed by atoms with E-state index >= 15 is 0 Å². The number of H-pyrrole nitrogens is 1. The maximum absolute atomic E-state index is 13.4. The molecule has 0 radical (unpaired) electrons. The number of carbonyl (C=O) groups is 2. The highest BCUT2D eigenvalue weighted by molar-refractivity contribution is 5.83. The molecule has 44 heavy (non-hydrogen) atoms. The topological polar surface area (TPSA) is 127 Å². The average Bonchev–Trinajstić information content (AvgIpc) is 3.78. The predicted molar refractivity (Wildman–Crippen MR) is 158 cm³/mol. The monoisotopic (exact) mass is 600 g/mol. The molecule has 0 spiro atoms. The van der Waals surface area contributed by atoms with Crippen LogP contribution >= 0.6 is 0 Å². The molecular weight excluding hydrogens is 568 g/mol. The number of hydrogen-bond donors (Lipinski definition) is 2. The second-order valence-electron chi connectivity index (χ2n) is 11.0. The predicted octanol–water partition coefficient (Wildman–Crippen LogP) is 4.87. The van der Waals surface area contributed by atoms with Gasteiger partial charge >= 0.3 is 12.1 Å². The van der Waals surface area contributed by atoms with E-state index in [9.17, 15) is 9.59 Å². The van der Waals surface area contributed by atoms with Crippen LogP contribution in [0.1, 0.15) is 34.3 Å². The Labute approximate surface area is 253 Å². The average molecular weight is 601 g/mol. The van der Waals surface area contributed by atoms with Crippen LogP contribution in [0.5, 0.6) is 28.7 Å². The van der Waals surface area contributed by atoms with Crippen molar-refractivity contribution in [2.24, 2.45) is 11.8 Å². The van der Waals surface area contributed by atoms with Crippen molar-refractivity contribution in [1.82, 2.24) is 10.3 Å². The Kier molecular flexibility index (Phi) is 7.07. The molecular formula is C33H32N2O9. The fourth-order valence-corrected chi connectivity index (χ4v) is 6.74. The molecule has 228 valence electrons. The highest BCUT2D eigenvalue weighted by Crippen LogP contribution is 2.56. The van der Waals surface area contributed by atoms with Gasteiger partial charge in [-0.2, -0.15) is 0 Å². The Bertz CT molecular complexity index is 1720. The van der Waals surface area contributed by atoms with E-state index in [1.807, 2.05) is 54.7 Å². The van der Waals surface area contributed by atoms with Crippen molar-refractivity contribution >= 4 is 23.0 Å². The summed E-state index contributed by atoms with van der Waals surface area (Å²) in [5.74, 6) is 0.519. The Morgan fingerprint density at radius 2 is 1.68 bits per heavy atom. The lowest BCUT2D eigenvalue weighted by molar-refractivity contribution is -0.141. The zero-order valence-electron chi connectivity index (χ0n) is 24.5. The summed E-state index contributed by atoms with van der Waals surface area (Å²) in [5, 5.41) is 4.00. The molecule has 1 saturated heterocycles. The van der Waals surface area contributed by atoms with E-state index in [1.54, 1.807) is 14.2 Å². The Hall–Kier alpha value is -5.06. The molecule has 11 heteroatoms. The number of rotatable bonds is 8. The molecule has 3 aromatic carbocycles. The summed E-state index contributed by atoms with van der Waals surface area (Å²) in [5.41, 5.74) is 4.38. The number of hydrogen-bond acceptors (Lipinski definition) is 9. The summed E-state index contributed by atoms with van der Waals surface area (Å²) in [4.78, 5) is 29.9. The highest BCUT2D eigenvalue weighted by atomic mass is 16.7. The summed E-state index contributed by atoms with van der Waals surface area (Å²) in [6.45, 7) is 0.548. The van der Waals surface area contributed by atoms with Gasteiger partial charge in [0.1, 0.15) is 6.10 Å². The second kappa shape index (κ2) is 11.2. The molecule has 2 aliphatic heterocycles. The van der Waals surface area contributed by atoms with E-state index in [4.69, 9.17) is 33.2 Å². The van der Waals surface area contributed by atoms with Gasteiger partial charge in [-0.3, -0.25) is 4.79 Å². The summed E-state index contributed by atoms with van der Waals surface area (Å²) in [6.07, 6.45) is 1.23. The number of cyclic esters (lactones) is 1. The van der Waals surface area contributed by atoms with Gasteiger partial charge in [-0.05, 0) is 53.4 Å². The first-order chi connectivity index (χ1) is 21.5. The quantitative estimate of drug-likeness (QED) is 0.273. The van der Waals surface area contributed by atoms with Crippen LogP contribution in [-0.4, -0.2) is 58.3 Å². The van der Waals surface area contributed by atoms with Crippen molar-refractivity contribution in [3.8, 4) is 28.7 Å². The summed E-state index contributed by atoms with van der Waals surface area (Å²) >= 11 is 0. The number of nitrogens with one attached hydrogen (secondary N) is 2. The van der Waals surface area contributed by atoms with Crippen molar-refractivity contribution in [2.45, 2.75) is 18.4 Å². The maximum atomic E-state index is 13.4. The van der Waals surface area contributed by atoms with E-state index in [1.165, 1.54) is 7.11 Å². The number of amides is 1. The minimum Gasteiger partial charge on any atom is -0.493 e. The van der Waals surface area contributed by atoms with Gasteiger partial charge in [0.25, 0.3) is 0 Å². The first-order valence-corrected chi connectivity index (χ1v) is 14.4. The number of aromatic nitrogens is 1. The van der Waals surface area contributed by atoms with Gasteiger partial charge in [-0.15, -0.1) is 0 Å². The number of alkyl carbamates (subject to hydrolysis) is 1. The van der Waals surface area contributed by atoms with E-state index in [-0.39, 0.29) is 19.4 Å². The number of fused-ring (bicyclic) bond motifs is 4. The summed E-state index contributed by atoms with van der Waals surface area (Å²) in [7, 11) is 4.62. The Balaban J connectivity index is 1.22. The molecule has 3 heterocycles. The normalized spacial score (nSPS) is 21.3. The maximum Gasteiger partial charge on any atom is 0.407 e. The number of aromatic amines is 1. The first kappa shape index (κ1) is 27.8. The van der Waals surface area contributed by atoms with E-state index in [2.05, 4.69) is 10.3 Å². The molecule has 11 nitrogen and oxygen atoms in total. The molecule has 1 aromatic heterocycles. The van der Waals surface area contributed by atoms with Crippen molar-refractivity contribution in [2.75, 3.05) is 41.3 Å². The zero-order valence-corrected chi connectivity index (χ0v) is 24.5. The summed E-state index contributed by atoms with van der Waals surface area (Å²) in [6, 6.07) is 15.4. The van der Waals surface area contributed by atoms with Crippen LogP contribution < -0.4 is 29.0 Å². The van der Waals surface area contributed by atoms with Gasteiger partial charge in [-0.25, -0.2) is 4.79 Å². The van der Waals surface area contributed by atoms with Crippen LogP contribution in [0.25, 0.3) is 10.9 Å². The fraction of sp³-hybridized carbons (Fsp3) is 0.333. The van der Waals surface area contributed by atoms with Crippen molar-refractivity contribution in [3.63, 3.8) is 0 Å². The highest BCUT2D eigenvalue weighted by Gasteiger charge is 2.54. The number of benzene rings is 3. The fourth-order valence-electron chi connectivity index (χ4n) is 6.74. The lowest BCUT2D eigenvalue weighted by Crippen LogP contribution is -2.38. The van der Waals surface area contributed by atoms with Crippen LogP contribution in [0.3, 0.4) is 0 Å². The lowest BCUT2D eigenvalue weighted by atomic mass is 9.66. The molecule has 0 bridgehead atoms. The molecule has 1 fully saturated rings. The summed E-state index contributed by atoms with van der Waals surface area (Å²) < 4.78 is 39.9. The van der Waals surface area contributed by atoms with E-state index in [0.29, 0.717) is 41.7 Å². The van der Waals surface area contributed by atoms with Gasteiger partial charge in [0.05, 0.1) is 33.9 Å². The third-order valence-electron chi connectivity index (χ3n) is 8.74. The number of methoxy groups -OCH3 is 3. The minimum atomic E-state index is -0.762. The molecule has 4 atom stereocenters. The zero-order chi connectivity index (χ0) is 30.4. The number of ether oxygens (including phenoxy) is 7. The van der Waals surface area contributed by atoms with Gasteiger partial charge in [0, 0.05) is 41.0 Å². The molecule has 0 unspecified atom stereocenters. The Morgan fingerprint density at radius 1 is 0.955 bits per heavy atom. The molecule has 2 N–H and O–H groups in total.